The molecular formula is C18H14ClN5O2S. The van der Waals surface area contributed by atoms with Gasteiger partial charge in [-0.25, -0.2) is 9.67 Å². The molecule has 4 rings (SSSR count). The normalized spacial score (nSPS) is 11.1. The van der Waals surface area contributed by atoms with Crippen LogP contribution in [-0.4, -0.2) is 25.2 Å². The molecule has 0 spiro atoms. The Bertz CT molecular complexity index is 1230. The van der Waals surface area contributed by atoms with Crippen LogP contribution in [0.4, 0.5) is 5.69 Å². The smallest absolute Gasteiger partial charge is 0.266 e. The zero-order chi connectivity index (χ0) is 19.1. The summed E-state index contributed by atoms with van der Waals surface area (Å²) in [6.45, 7) is 1.75. The number of carbonyl (C=O) groups is 1. The Kier molecular flexibility index (Phi) is 4.29. The molecule has 0 atom stereocenters. The van der Waals surface area contributed by atoms with Crippen LogP contribution in [0, 0.1) is 6.92 Å². The number of nitrogens with zero attached hydrogens (tertiary/aromatic N) is 4. The number of nitrogens with one attached hydrogen (secondary N) is 1. The molecule has 4 aromatic rings. The summed E-state index contributed by atoms with van der Waals surface area (Å²) in [5.74, 6) is -0.326. The van der Waals surface area contributed by atoms with E-state index in [-0.39, 0.29) is 11.5 Å². The van der Waals surface area contributed by atoms with Crippen LogP contribution in [0.25, 0.3) is 15.9 Å². The standard InChI is InChI=1S/C18H14ClN5O2S/c1-10-14-17(20-9-23(2)18(14)26)27-15(10)16(25)22-12-8-11(19)4-5-13(12)24-7-3-6-21-24/h3-9H,1-2H3,(H,22,25). The summed E-state index contributed by atoms with van der Waals surface area (Å²) in [7, 11) is 1.63. The molecule has 27 heavy (non-hydrogen) atoms. The third-order valence-corrected chi connectivity index (χ3v) is 5.61. The number of fused-ring (bicyclic) bond motifs is 1. The molecule has 136 valence electrons. The predicted molar refractivity (Wildman–Crippen MR) is 106 cm³/mol. The lowest BCUT2D eigenvalue weighted by molar-refractivity contribution is 0.103. The Labute approximate surface area is 162 Å². The van der Waals surface area contributed by atoms with Crippen LogP contribution < -0.4 is 10.9 Å². The van der Waals surface area contributed by atoms with Crippen molar-refractivity contribution in [1.82, 2.24) is 19.3 Å². The summed E-state index contributed by atoms with van der Waals surface area (Å²) in [5, 5.41) is 8.04. The second-order valence-electron chi connectivity index (χ2n) is 5.96. The number of benzene rings is 1. The highest BCUT2D eigenvalue weighted by Crippen LogP contribution is 2.29. The average Bonchev–Trinajstić information content (AvgIpc) is 3.27. The van der Waals surface area contributed by atoms with Crippen molar-refractivity contribution in [3.8, 4) is 5.69 Å². The molecule has 0 saturated carbocycles. The molecular weight excluding hydrogens is 386 g/mol. The number of thiophene rings is 1. The van der Waals surface area contributed by atoms with Gasteiger partial charge in [-0.1, -0.05) is 11.6 Å². The molecule has 1 aromatic carbocycles. The molecule has 0 aliphatic rings. The Balaban J connectivity index is 1.77. The molecule has 3 heterocycles. The minimum atomic E-state index is -0.326. The quantitative estimate of drug-likeness (QED) is 0.572. The van der Waals surface area contributed by atoms with Crippen molar-refractivity contribution in [2.45, 2.75) is 6.92 Å². The number of halogens is 1. The fourth-order valence-electron chi connectivity index (χ4n) is 2.82. The number of rotatable bonds is 3. The third-order valence-electron chi connectivity index (χ3n) is 4.17. The predicted octanol–water partition coefficient (Wildman–Crippen LogP) is 3.39. The minimum Gasteiger partial charge on any atom is -0.319 e. The van der Waals surface area contributed by atoms with E-state index in [1.165, 1.54) is 22.2 Å². The molecule has 3 aromatic heterocycles. The van der Waals surface area contributed by atoms with E-state index in [2.05, 4.69) is 15.4 Å². The van der Waals surface area contributed by atoms with Gasteiger partial charge < -0.3 is 9.88 Å². The number of aromatic nitrogens is 4. The van der Waals surface area contributed by atoms with Gasteiger partial charge in [-0.2, -0.15) is 5.10 Å². The second-order valence-corrected chi connectivity index (χ2v) is 7.40. The van der Waals surface area contributed by atoms with Crippen LogP contribution in [0.15, 0.2) is 47.8 Å². The Morgan fingerprint density at radius 3 is 2.89 bits per heavy atom. The van der Waals surface area contributed by atoms with E-state index >= 15 is 0 Å². The summed E-state index contributed by atoms with van der Waals surface area (Å²) >= 11 is 7.30. The lowest BCUT2D eigenvalue weighted by atomic mass is 10.2. The van der Waals surface area contributed by atoms with Gasteiger partial charge in [0.05, 0.1) is 28.0 Å². The van der Waals surface area contributed by atoms with Gasteiger partial charge in [0.1, 0.15) is 4.83 Å². The molecule has 0 unspecified atom stereocenters. The Hall–Kier alpha value is -2.97. The molecule has 0 radical (unpaired) electrons. The molecule has 1 amide bonds. The zero-order valence-electron chi connectivity index (χ0n) is 14.4. The zero-order valence-corrected chi connectivity index (χ0v) is 16.0. The molecule has 1 N–H and O–H groups in total. The highest BCUT2D eigenvalue weighted by Gasteiger charge is 2.20. The molecule has 0 fully saturated rings. The first-order valence-electron chi connectivity index (χ1n) is 8.01. The van der Waals surface area contributed by atoms with E-state index in [9.17, 15) is 9.59 Å². The highest BCUT2D eigenvalue weighted by atomic mass is 35.5. The number of carbonyl (C=O) groups excluding carboxylic acids is 1. The molecule has 7 nitrogen and oxygen atoms in total. The van der Waals surface area contributed by atoms with Gasteiger partial charge in [-0.15, -0.1) is 11.3 Å². The summed E-state index contributed by atoms with van der Waals surface area (Å²) in [6, 6.07) is 6.96. The van der Waals surface area contributed by atoms with E-state index in [1.807, 2.05) is 0 Å². The number of amides is 1. The van der Waals surface area contributed by atoms with Crippen molar-refractivity contribution in [2.75, 3.05) is 5.32 Å². The van der Waals surface area contributed by atoms with Gasteiger partial charge in [0.2, 0.25) is 0 Å². The van der Waals surface area contributed by atoms with E-state index < -0.39 is 0 Å². The first kappa shape index (κ1) is 17.4. The monoisotopic (exact) mass is 399 g/mol. The number of aryl methyl sites for hydroxylation is 2. The Morgan fingerprint density at radius 2 is 2.15 bits per heavy atom. The van der Waals surface area contributed by atoms with E-state index in [1.54, 1.807) is 55.3 Å². The summed E-state index contributed by atoms with van der Waals surface area (Å²) in [6.07, 6.45) is 4.88. The first-order chi connectivity index (χ1) is 13.0. The van der Waals surface area contributed by atoms with Gasteiger partial charge in [0.25, 0.3) is 11.5 Å². The first-order valence-corrected chi connectivity index (χ1v) is 9.21. The number of hydrogen-bond acceptors (Lipinski definition) is 5. The van der Waals surface area contributed by atoms with Crippen LogP contribution in [0.3, 0.4) is 0 Å². The maximum absolute atomic E-state index is 12.9. The molecule has 9 heteroatoms. The van der Waals surface area contributed by atoms with Gasteiger partial charge in [0, 0.05) is 24.5 Å². The van der Waals surface area contributed by atoms with Gasteiger partial charge in [-0.3, -0.25) is 9.59 Å². The van der Waals surface area contributed by atoms with Crippen molar-refractivity contribution in [3.05, 3.63) is 68.8 Å². The average molecular weight is 400 g/mol. The Morgan fingerprint density at radius 1 is 1.33 bits per heavy atom. The van der Waals surface area contributed by atoms with Crippen LogP contribution in [0.2, 0.25) is 5.02 Å². The lowest BCUT2D eigenvalue weighted by Crippen LogP contribution is -2.17. The minimum absolute atomic E-state index is 0.173. The van der Waals surface area contributed by atoms with Crippen LogP contribution in [0.1, 0.15) is 15.2 Å². The van der Waals surface area contributed by atoms with Crippen LogP contribution >= 0.6 is 22.9 Å². The summed E-state index contributed by atoms with van der Waals surface area (Å²) in [4.78, 5) is 30.5. The summed E-state index contributed by atoms with van der Waals surface area (Å²) in [5.41, 5.74) is 1.65. The van der Waals surface area contributed by atoms with Crippen molar-refractivity contribution in [2.24, 2.45) is 7.05 Å². The fraction of sp³-hybridized carbons (Fsp3) is 0.111. The summed E-state index contributed by atoms with van der Waals surface area (Å²) < 4.78 is 3.04. The molecule has 0 aliphatic heterocycles. The van der Waals surface area contributed by atoms with Gasteiger partial charge >= 0.3 is 0 Å². The van der Waals surface area contributed by atoms with Crippen LogP contribution in [0.5, 0.6) is 0 Å². The van der Waals surface area contributed by atoms with Crippen LogP contribution in [-0.2, 0) is 7.05 Å². The van der Waals surface area contributed by atoms with Crippen molar-refractivity contribution < 1.29 is 4.79 Å². The SMILES string of the molecule is Cc1c(C(=O)Nc2cc(Cl)ccc2-n2cccn2)sc2ncn(C)c(=O)c12. The molecule has 0 saturated heterocycles. The topological polar surface area (TPSA) is 81.8 Å². The van der Waals surface area contributed by atoms with Gasteiger partial charge in [-0.05, 0) is 36.8 Å². The van der Waals surface area contributed by atoms with Crippen molar-refractivity contribution in [3.63, 3.8) is 0 Å². The van der Waals surface area contributed by atoms with E-state index in [0.717, 1.165) is 0 Å². The van der Waals surface area contributed by atoms with E-state index in [0.29, 0.717) is 37.1 Å². The number of hydrogen-bond donors (Lipinski definition) is 1. The maximum Gasteiger partial charge on any atom is 0.266 e. The van der Waals surface area contributed by atoms with Crippen molar-refractivity contribution in [1.29, 1.82) is 0 Å². The largest absolute Gasteiger partial charge is 0.319 e. The van der Waals surface area contributed by atoms with Crippen molar-refractivity contribution >= 4 is 44.7 Å². The molecule has 0 aliphatic carbocycles. The lowest BCUT2D eigenvalue weighted by Gasteiger charge is -2.11. The highest BCUT2D eigenvalue weighted by molar-refractivity contribution is 7.20. The fourth-order valence-corrected chi connectivity index (χ4v) is 4.03. The van der Waals surface area contributed by atoms with E-state index in [4.69, 9.17) is 11.6 Å². The third kappa shape index (κ3) is 3.02. The molecule has 0 bridgehead atoms. The second kappa shape index (κ2) is 6.64. The maximum atomic E-state index is 12.9. The number of anilines is 1. The van der Waals surface area contributed by atoms with Gasteiger partial charge in [0.15, 0.2) is 0 Å².